The van der Waals surface area contributed by atoms with Crippen LogP contribution < -0.4 is 5.32 Å². The molecule has 0 aromatic heterocycles. The number of anilines is 1. The Balaban J connectivity index is 1.34. The zero-order valence-electron chi connectivity index (χ0n) is 18.5. The van der Waals surface area contributed by atoms with E-state index in [9.17, 15) is 14.4 Å². The highest BCUT2D eigenvalue weighted by atomic mass is 35.5. The van der Waals surface area contributed by atoms with Crippen LogP contribution >= 0.6 is 11.6 Å². The molecule has 7 nitrogen and oxygen atoms in total. The van der Waals surface area contributed by atoms with Gasteiger partial charge in [0.25, 0.3) is 5.91 Å². The number of methoxy groups -OCH3 is 1. The van der Waals surface area contributed by atoms with Gasteiger partial charge in [0.2, 0.25) is 0 Å². The summed E-state index contributed by atoms with van der Waals surface area (Å²) in [5, 5.41) is 2.96. The number of nitrogens with one attached hydrogen (secondary N) is 1. The quantitative estimate of drug-likeness (QED) is 0.647. The first-order chi connectivity index (χ1) is 16.4. The molecule has 2 unspecified atom stereocenters. The van der Waals surface area contributed by atoms with Gasteiger partial charge in [0.15, 0.2) is 0 Å². The first-order valence-electron chi connectivity index (χ1n) is 11.0. The normalized spacial score (nSPS) is 24.8. The third-order valence-electron chi connectivity index (χ3n) is 6.70. The highest BCUT2D eigenvalue weighted by Crippen LogP contribution is 2.46. The van der Waals surface area contributed by atoms with Crippen LogP contribution in [0.25, 0.3) is 11.1 Å². The number of hydrogen-bond acceptors (Lipinski definition) is 5. The SMILES string of the molecule is COC(=O)Nc1cccc(-c2ccc(C(=O)N3CC[C@@]4(C3)OC(=O)C3C=CC=CC34)c(Cl)c2)c1. The lowest BCUT2D eigenvalue weighted by molar-refractivity contribution is -0.149. The number of carbonyl (C=O) groups excluding carboxylic acids is 3. The van der Waals surface area contributed by atoms with E-state index < -0.39 is 11.7 Å². The second kappa shape index (κ2) is 8.65. The summed E-state index contributed by atoms with van der Waals surface area (Å²) in [5.74, 6) is -0.769. The van der Waals surface area contributed by atoms with Crippen LogP contribution in [0.2, 0.25) is 5.02 Å². The molecule has 2 aliphatic heterocycles. The van der Waals surface area contributed by atoms with Gasteiger partial charge in [0.05, 0.1) is 30.2 Å². The molecule has 3 aliphatic rings. The van der Waals surface area contributed by atoms with Gasteiger partial charge in [-0.1, -0.05) is 54.1 Å². The maximum atomic E-state index is 13.3. The lowest BCUT2D eigenvalue weighted by Crippen LogP contribution is -2.41. The van der Waals surface area contributed by atoms with Crippen LogP contribution in [-0.4, -0.2) is 48.7 Å². The molecule has 34 heavy (non-hydrogen) atoms. The maximum Gasteiger partial charge on any atom is 0.411 e. The number of hydrogen-bond donors (Lipinski definition) is 1. The number of rotatable bonds is 3. The van der Waals surface area contributed by atoms with Crippen LogP contribution in [-0.2, 0) is 14.3 Å². The van der Waals surface area contributed by atoms with Crippen molar-refractivity contribution in [2.75, 3.05) is 25.5 Å². The number of carbonyl (C=O) groups is 3. The van der Waals surface area contributed by atoms with Crippen molar-refractivity contribution < 1.29 is 23.9 Å². The molecule has 3 atom stereocenters. The molecule has 2 aromatic rings. The Labute approximate surface area is 202 Å². The topological polar surface area (TPSA) is 84.9 Å². The fraction of sp³-hybridized carbons (Fsp3) is 0.269. The van der Waals surface area contributed by atoms with Crippen molar-refractivity contribution in [2.24, 2.45) is 11.8 Å². The highest BCUT2D eigenvalue weighted by molar-refractivity contribution is 6.34. The Morgan fingerprint density at radius 3 is 2.74 bits per heavy atom. The second-order valence-corrected chi connectivity index (χ2v) is 9.08. The molecule has 0 bridgehead atoms. The Kier molecular flexibility index (Phi) is 5.65. The Hall–Kier alpha value is -3.58. The van der Waals surface area contributed by atoms with Gasteiger partial charge in [-0.05, 0) is 35.4 Å². The summed E-state index contributed by atoms with van der Waals surface area (Å²) in [6.07, 6.45) is 7.71. The summed E-state index contributed by atoms with van der Waals surface area (Å²) in [7, 11) is 1.30. The number of fused-ring (bicyclic) bond motifs is 2. The molecule has 2 fully saturated rings. The number of halogens is 1. The fourth-order valence-electron chi connectivity index (χ4n) is 4.99. The average Bonchev–Trinajstić information content (AvgIpc) is 3.40. The summed E-state index contributed by atoms with van der Waals surface area (Å²) in [6, 6.07) is 12.5. The fourth-order valence-corrected chi connectivity index (χ4v) is 5.25. The van der Waals surface area contributed by atoms with E-state index in [0.717, 1.165) is 11.1 Å². The number of ether oxygens (including phenoxy) is 2. The number of amides is 2. The van der Waals surface area contributed by atoms with Crippen LogP contribution in [0.1, 0.15) is 16.8 Å². The molecule has 5 rings (SSSR count). The van der Waals surface area contributed by atoms with Crippen LogP contribution in [0.4, 0.5) is 10.5 Å². The zero-order chi connectivity index (χ0) is 23.9. The van der Waals surface area contributed by atoms with Crippen molar-refractivity contribution >= 4 is 35.3 Å². The van der Waals surface area contributed by atoms with Gasteiger partial charge in [0.1, 0.15) is 5.60 Å². The first-order valence-corrected chi connectivity index (χ1v) is 11.4. The maximum absolute atomic E-state index is 13.3. The Morgan fingerprint density at radius 1 is 1.15 bits per heavy atom. The molecular formula is C26H23ClN2O5. The second-order valence-electron chi connectivity index (χ2n) is 8.68. The Morgan fingerprint density at radius 2 is 1.94 bits per heavy atom. The number of benzene rings is 2. The van der Waals surface area contributed by atoms with Gasteiger partial charge >= 0.3 is 12.1 Å². The molecule has 2 heterocycles. The van der Waals surface area contributed by atoms with Gasteiger partial charge in [-0.2, -0.15) is 0 Å². The molecule has 2 saturated heterocycles. The van der Waals surface area contributed by atoms with Crippen LogP contribution in [0.3, 0.4) is 0 Å². The standard InChI is InChI=1S/C26H23ClN2O5/c1-33-25(32)28-18-6-4-5-16(13-18)17-9-10-20(22(27)14-17)23(30)29-12-11-26(15-29)21-8-3-2-7-19(21)24(31)34-26/h2-10,13-14,19,21H,11-12,15H2,1H3,(H,28,32)/t19?,21?,26-/m0/s1. The molecule has 2 aromatic carbocycles. The summed E-state index contributed by atoms with van der Waals surface area (Å²) < 4.78 is 10.5. The number of allylic oxidation sites excluding steroid dienone is 2. The summed E-state index contributed by atoms with van der Waals surface area (Å²) >= 11 is 6.54. The lowest BCUT2D eigenvalue weighted by Gasteiger charge is -2.29. The molecule has 1 aliphatic carbocycles. The van der Waals surface area contributed by atoms with Gasteiger partial charge in [0, 0.05) is 24.6 Å². The average molecular weight is 479 g/mol. The molecule has 8 heteroatoms. The van der Waals surface area contributed by atoms with Crippen molar-refractivity contribution in [1.82, 2.24) is 4.90 Å². The van der Waals surface area contributed by atoms with Crippen molar-refractivity contribution in [1.29, 1.82) is 0 Å². The lowest BCUT2D eigenvalue weighted by atomic mass is 9.78. The van der Waals surface area contributed by atoms with Crippen LogP contribution in [0, 0.1) is 11.8 Å². The van der Waals surface area contributed by atoms with E-state index in [1.54, 1.807) is 29.2 Å². The van der Waals surface area contributed by atoms with E-state index in [0.29, 0.717) is 35.8 Å². The smallest absolute Gasteiger partial charge is 0.411 e. The van der Waals surface area contributed by atoms with E-state index in [4.69, 9.17) is 16.3 Å². The van der Waals surface area contributed by atoms with E-state index >= 15 is 0 Å². The molecule has 0 radical (unpaired) electrons. The third kappa shape index (κ3) is 3.86. The number of likely N-dealkylation sites (tertiary alicyclic amines) is 1. The van der Waals surface area contributed by atoms with Gasteiger partial charge in [-0.15, -0.1) is 0 Å². The first kappa shape index (κ1) is 22.2. The van der Waals surface area contributed by atoms with Crippen molar-refractivity contribution in [3.8, 4) is 11.1 Å². The third-order valence-corrected chi connectivity index (χ3v) is 7.01. The van der Waals surface area contributed by atoms with E-state index in [1.165, 1.54) is 7.11 Å². The molecule has 0 saturated carbocycles. The van der Waals surface area contributed by atoms with E-state index in [-0.39, 0.29) is 23.7 Å². The molecule has 174 valence electrons. The predicted molar refractivity (Wildman–Crippen MR) is 128 cm³/mol. The summed E-state index contributed by atoms with van der Waals surface area (Å²) in [4.78, 5) is 38.9. The van der Waals surface area contributed by atoms with Crippen LogP contribution in [0.5, 0.6) is 0 Å². The van der Waals surface area contributed by atoms with Crippen molar-refractivity contribution in [3.63, 3.8) is 0 Å². The van der Waals surface area contributed by atoms with Gasteiger partial charge < -0.3 is 14.4 Å². The van der Waals surface area contributed by atoms with Crippen LogP contribution in [0.15, 0.2) is 66.8 Å². The molecule has 1 spiro atoms. The summed E-state index contributed by atoms with van der Waals surface area (Å²) in [5.41, 5.74) is 1.93. The number of esters is 1. The van der Waals surface area contributed by atoms with E-state index in [2.05, 4.69) is 10.1 Å². The largest absolute Gasteiger partial charge is 0.456 e. The highest BCUT2D eigenvalue weighted by Gasteiger charge is 2.57. The van der Waals surface area contributed by atoms with Gasteiger partial charge in [-0.25, -0.2) is 4.79 Å². The molecule has 1 N–H and O–H groups in total. The van der Waals surface area contributed by atoms with E-state index in [1.807, 2.05) is 42.5 Å². The predicted octanol–water partition coefficient (Wildman–Crippen LogP) is 4.69. The van der Waals surface area contributed by atoms with Crippen molar-refractivity contribution in [2.45, 2.75) is 12.0 Å². The van der Waals surface area contributed by atoms with Gasteiger partial charge in [-0.3, -0.25) is 14.9 Å². The number of nitrogens with zero attached hydrogens (tertiary/aromatic N) is 1. The minimum absolute atomic E-state index is 0.0634. The minimum Gasteiger partial charge on any atom is -0.456 e. The Bertz CT molecular complexity index is 1240. The monoisotopic (exact) mass is 478 g/mol. The zero-order valence-corrected chi connectivity index (χ0v) is 19.2. The molecular weight excluding hydrogens is 456 g/mol. The van der Waals surface area contributed by atoms with Crippen molar-refractivity contribution in [3.05, 3.63) is 77.4 Å². The minimum atomic E-state index is -0.682. The summed E-state index contributed by atoms with van der Waals surface area (Å²) in [6.45, 7) is 0.836. The molecule has 2 amide bonds.